The van der Waals surface area contributed by atoms with Crippen molar-refractivity contribution in [3.05, 3.63) is 0 Å². The molecule has 1 saturated carbocycles. The van der Waals surface area contributed by atoms with Crippen LogP contribution in [0.3, 0.4) is 0 Å². The van der Waals surface area contributed by atoms with E-state index in [2.05, 4.69) is 31.9 Å². The lowest BCUT2D eigenvalue weighted by Crippen LogP contribution is -2.70. The number of rotatable bonds is 17. The Morgan fingerprint density at radius 2 is 1.03 bits per heavy atom. The Morgan fingerprint density at radius 3 is 1.51 bits per heavy atom. The van der Waals surface area contributed by atoms with E-state index in [0.29, 0.717) is 0 Å². The van der Waals surface area contributed by atoms with Crippen LogP contribution >= 0.6 is 11.6 Å². The normalized spacial score (nSPS) is 28.0. The number of carbonyl (C=O) groups excluding carboxylic acids is 8. The van der Waals surface area contributed by atoms with Crippen molar-refractivity contribution >= 4 is 59.9 Å². The van der Waals surface area contributed by atoms with Gasteiger partial charge in [0.25, 0.3) is 5.91 Å². The first-order chi connectivity index (χ1) is 36.1. The number of esters is 2. The number of carbonyl (C=O) groups is 8. The fourth-order valence-electron chi connectivity index (χ4n) is 8.45. The summed E-state index contributed by atoms with van der Waals surface area (Å²) < 4.78 is 64.9. The molecule has 2 saturated heterocycles. The van der Waals surface area contributed by atoms with Crippen molar-refractivity contribution in [1.29, 1.82) is 0 Å². The molecule has 0 aromatic heterocycles. The van der Waals surface area contributed by atoms with E-state index in [4.69, 9.17) is 63.7 Å². The van der Waals surface area contributed by atoms with E-state index in [0.717, 1.165) is 13.8 Å². The summed E-state index contributed by atoms with van der Waals surface area (Å²) in [7, 11) is 0. The van der Waals surface area contributed by atoms with Gasteiger partial charge in [-0.15, -0.1) is 11.6 Å². The predicted molar refractivity (Wildman–Crippen MR) is 282 cm³/mol. The minimum Gasteiger partial charge on any atom is -0.455 e. The van der Waals surface area contributed by atoms with Gasteiger partial charge in [-0.1, -0.05) is 6.92 Å². The molecule has 26 nitrogen and oxygen atoms in total. The number of hydrogen-bond donors (Lipinski definition) is 7. The number of halogens is 1. The molecular formula is C52H89ClN6O20. The molecule has 27 heteroatoms. The maximum absolute atomic E-state index is 14.5. The van der Waals surface area contributed by atoms with Gasteiger partial charge in [-0.05, 0) is 130 Å². The maximum atomic E-state index is 14.5. The average molecular weight is 1150 g/mol. The molecule has 6 amide bonds. The van der Waals surface area contributed by atoms with Gasteiger partial charge in [0.05, 0.1) is 41.8 Å². The Labute approximate surface area is 468 Å². The van der Waals surface area contributed by atoms with Crippen LogP contribution in [-0.4, -0.2) is 179 Å². The number of alkyl carbamates (subject to hydrolysis) is 5. The molecule has 2 heterocycles. The van der Waals surface area contributed by atoms with Crippen LogP contribution in [0.1, 0.15) is 157 Å². The predicted octanol–water partition coefficient (Wildman–Crippen LogP) is 5.24. The van der Waals surface area contributed by atoms with Crippen molar-refractivity contribution in [2.45, 2.75) is 270 Å². The van der Waals surface area contributed by atoms with Crippen molar-refractivity contribution in [2.24, 2.45) is 0 Å². The lowest BCUT2D eigenvalue weighted by Gasteiger charge is -2.50. The van der Waals surface area contributed by atoms with Crippen molar-refractivity contribution in [1.82, 2.24) is 31.9 Å². The summed E-state index contributed by atoms with van der Waals surface area (Å²) in [5, 5.41) is 28.1. The first kappa shape index (κ1) is 68.1. The van der Waals surface area contributed by atoms with Crippen molar-refractivity contribution in [3.8, 4) is 0 Å². The van der Waals surface area contributed by atoms with Crippen LogP contribution in [0, 0.1) is 0 Å². The highest BCUT2D eigenvalue weighted by Gasteiger charge is 2.55. The van der Waals surface area contributed by atoms with Crippen molar-refractivity contribution in [2.75, 3.05) is 13.1 Å². The third-order valence-electron chi connectivity index (χ3n) is 11.3. The van der Waals surface area contributed by atoms with E-state index in [-0.39, 0.29) is 45.2 Å². The minimum atomic E-state index is -1.97. The number of aliphatic hydroxyl groups is 1. The molecule has 6 unspecified atom stereocenters. The molecule has 7 N–H and O–H groups in total. The maximum Gasteiger partial charge on any atom is 0.408 e. The molecule has 3 aliphatic rings. The standard InChI is InChI=1S/C52H89ClN6O20/c1-19-32-34(53)35(59-47(68)79-52(16,17)18)39(70-27(3)61)42(72-32)74-37-30(56-40(63)33(69-26(2)60)22-23-54-43(64)75-48(4,5)6)24-31(58-46(67)78-51(13,14)15)38(36(37)62)73-41-29(57-45(66)77-50(10,11)12)21-20-28(71-41)25-55-44(65)76-49(7,8)9/h28-39,41-42,62H,19-25H2,1-18H3,(H,54,64)(H,55,65)(H,56,63)(H,57,66)(H,58,67)(H,59,68)/t28?,29?,30-,31+,32?,33+,34+,35+,36?,37-,38?,39?,41+,42+/m1/s1. The summed E-state index contributed by atoms with van der Waals surface area (Å²) in [4.78, 5) is 106. The summed E-state index contributed by atoms with van der Waals surface area (Å²) in [6.07, 6.45) is -17.6. The van der Waals surface area contributed by atoms with Gasteiger partial charge < -0.3 is 89.1 Å². The van der Waals surface area contributed by atoms with E-state index in [1.165, 1.54) is 0 Å². The SMILES string of the molecule is CCC1O[C@@H](O[C@H]2C(O)C(O[C@@H]3OC(CNC(=O)OC(C)(C)C)CCC3NC(=O)OC(C)(C)C)[C@@H](NC(=O)OC(C)(C)C)C[C@H]2NC(=O)[C@H](CCNC(=O)OC(C)(C)C)OC(C)=O)C(OC(C)=O)[C@@H](NC(=O)OC(C)(C)C)[C@H]1Cl. The Morgan fingerprint density at radius 1 is 0.570 bits per heavy atom. The number of amides is 6. The first-order valence-corrected chi connectivity index (χ1v) is 27.1. The zero-order valence-electron chi connectivity index (χ0n) is 49.1. The monoisotopic (exact) mass is 1150 g/mol. The zero-order chi connectivity index (χ0) is 60.2. The van der Waals surface area contributed by atoms with E-state index >= 15 is 0 Å². The molecule has 1 aliphatic carbocycles. The first-order valence-electron chi connectivity index (χ1n) is 26.6. The number of ether oxygens (including phenoxy) is 11. The second kappa shape index (κ2) is 28.5. The molecular weight excluding hydrogens is 1060 g/mol. The topological polar surface area (TPSA) is 330 Å². The van der Waals surface area contributed by atoms with Crippen molar-refractivity contribution in [3.63, 3.8) is 0 Å². The summed E-state index contributed by atoms with van der Waals surface area (Å²) in [5.41, 5.74) is -4.64. The Balaban J connectivity index is 2.26. The lowest BCUT2D eigenvalue weighted by atomic mass is 9.83. The third-order valence-corrected chi connectivity index (χ3v) is 11.9. The Kier molecular flexibility index (Phi) is 24.6. The Hall–Kier alpha value is -5.15. The fraction of sp³-hybridized carbons (Fsp3) is 0.846. The smallest absolute Gasteiger partial charge is 0.408 e. The number of nitrogens with one attached hydrogen (secondary N) is 6. The molecule has 14 atom stereocenters. The van der Waals surface area contributed by atoms with Crippen molar-refractivity contribution < 1.29 is 95.6 Å². The van der Waals surface area contributed by atoms with E-state index in [9.17, 15) is 43.5 Å². The molecule has 3 fully saturated rings. The molecule has 0 bridgehead atoms. The van der Waals surface area contributed by atoms with Crippen LogP contribution in [-0.2, 0) is 66.5 Å². The molecule has 0 spiro atoms. The van der Waals surface area contributed by atoms with Gasteiger partial charge >= 0.3 is 42.4 Å². The third kappa shape index (κ3) is 24.6. The van der Waals surface area contributed by atoms with Crippen LogP contribution in [0.15, 0.2) is 0 Å². The highest BCUT2D eigenvalue weighted by atomic mass is 35.5. The summed E-state index contributed by atoms with van der Waals surface area (Å²) in [6, 6.07) is -5.02. The summed E-state index contributed by atoms with van der Waals surface area (Å²) >= 11 is 6.98. The van der Waals surface area contributed by atoms with Gasteiger partial charge in [0.2, 0.25) is 0 Å². The van der Waals surface area contributed by atoms with Gasteiger partial charge in [0.1, 0.15) is 46.3 Å². The minimum absolute atomic E-state index is 0.0907. The van der Waals surface area contributed by atoms with Crippen LogP contribution in [0.5, 0.6) is 0 Å². The largest absolute Gasteiger partial charge is 0.455 e. The van der Waals surface area contributed by atoms with Crippen LogP contribution in [0.25, 0.3) is 0 Å². The Bertz CT molecular complexity index is 2090. The van der Waals surface area contributed by atoms with Crippen LogP contribution < -0.4 is 31.9 Å². The van der Waals surface area contributed by atoms with Crippen LogP contribution in [0.2, 0.25) is 0 Å². The molecule has 2 aliphatic heterocycles. The molecule has 0 radical (unpaired) electrons. The molecule has 454 valence electrons. The second-order valence-electron chi connectivity index (χ2n) is 24.6. The number of hydrogen-bond acceptors (Lipinski definition) is 20. The van der Waals surface area contributed by atoms with Gasteiger partial charge in [-0.3, -0.25) is 14.4 Å². The number of alkyl halides is 1. The molecule has 79 heavy (non-hydrogen) atoms. The van der Waals surface area contributed by atoms with Gasteiger partial charge in [-0.25, -0.2) is 24.0 Å². The molecule has 0 aromatic carbocycles. The van der Waals surface area contributed by atoms with Gasteiger partial charge in [-0.2, -0.15) is 0 Å². The fourth-order valence-corrected chi connectivity index (χ4v) is 8.89. The van der Waals surface area contributed by atoms with E-state index < -0.39 is 161 Å². The van der Waals surface area contributed by atoms with E-state index in [1.807, 2.05) is 0 Å². The summed E-state index contributed by atoms with van der Waals surface area (Å²) in [6.45, 7) is 28.4. The quantitative estimate of drug-likeness (QED) is 0.0556. The highest BCUT2D eigenvalue weighted by Crippen LogP contribution is 2.36. The number of aliphatic hydroxyl groups excluding tert-OH is 1. The van der Waals surface area contributed by atoms with Gasteiger partial charge in [0, 0.05) is 33.4 Å². The molecule has 0 aromatic rings. The average Bonchev–Trinajstić information content (AvgIpc) is 3.24. The van der Waals surface area contributed by atoms with E-state index in [1.54, 1.807) is 111 Å². The second-order valence-corrected chi connectivity index (χ2v) is 25.1. The summed E-state index contributed by atoms with van der Waals surface area (Å²) in [5.74, 6) is -2.66. The molecule has 3 rings (SSSR count). The van der Waals surface area contributed by atoms with Crippen LogP contribution in [0.4, 0.5) is 24.0 Å². The highest BCUT2D eigenvalue weighted by molar-refractivity contribution is 6.21. The lowest BCUT2D eigenvalue weighted by molar-refractivity contribution is -0.302. The van der Waals surface area contributed by atoms with Gasteiger partial charge in [0.15, 0.2) is 24.8 Å². The zero-order valence-corrected chi connectivity index (χ0v) is 49.9.